The molecule has 0 heterocycles. The molecule has 0 radical (unpaired) electrons. The molecule has 0 amide bonds. The molecular weight excluding hydrogens is 515 g/mol. The molecule has 13 heteroatoms. The minimum Gasteiger partial charge on any atom is -0.491 e. The largest absolute Gasteiger partial charge is 0.512 e. The Morgan fingerprint density at radius 1 is 0.706 bits per heavy atom. The lowest BCUT2D eigenvalue weighted by atomic mass is 10.3. The summed E-state index contributed by atoms with van der Waals surface area (Å²) < 4.78 is 91.5. The topological polar surface area (TPSA) is 98.8 Å². The molecule has 7 nitrogen and oxygen atoms in total. The van der Waals surface area contributed by atoms with Crippen LogP contribution in [0.5, 0.6) is 5.75 Å². The van der Waals surface area contributed by atoms with Crippen LogP contribution in [0.4, 0.5) is 13.2 Å². The van der Waals surface area contributed by atoms with Crippen LogP contribution in [0.3, 0.4) is 0 Å². The molecule has 182 valence electrons. The van der Waals surface area contributed by atoms with Gasteiger partial charge in [0.2, 0.25) is 0 Å². The fraction of sp³-hybridized carbons (Fsp3) is 0.143. The van der Waals surface area contributed by atoms with E-state index in [1.54, 1.807) is 12.1 Å². The van der Waals surface area contributed by atoms with E-state index in [2.05, 4.69) is 4.18 Å². The maximum absolute atomic E-state index is 12.3. The summed E-state index contributed by atoms with van der Waals surface area (Å²) in [4.78, 5) is 3.23. The van der Waals surface area contributed by atoms with Gasteiger partial charge in [0.15, 0.2) is 14.7 Å². The van der Waals surface area contributed by atoms with Gasteiger partial charge in [0.1, 0.15) is 19.0 Å². The van der Waals surface area contributed by atoms with Crippen LogP contribution in [0.15, 0.2) is 99.6 Å². The molecule has 0 unspecified atom stereocenters. The van der Waals surface area contributed by atoms with Gasteiger partial charge in [-0.2, -0.15) is 21.6 Å². The zero-order valence-corrected chi connectivity index (χ0v) is 19.8. The number of halogens is 3. The van der Waals surface area contributed by atoms with Gasteiger partial charge in [-0.05, 0) is 48.5 Å². The third kappa shape index (κ3) is 6.96. The highest BCUT2D eigenvalue weighted by atomic mass is 32.3. The monoisotopic (exact) mass is 534 g/mol. The van der Waals surface area contributed by atoms with Crippen LogP contribution in [0.2, 0.25) is 0 Å². The fourth-order valence-corrected chi connectivity index (χ4v) is 6.72. The zero-order chi connectivity index (χ0) is 24.8. The van der Waals surface area contributed by atoms with Crippen molar-refractivity contribution in [3.05, 3.63) is 84.9 Å². The minimum atomic E-state index is -6.11. The Morgan fingerprint density at radius 3 is 1.65 bits per heavy atom. The summed E-state index contributed by atoms with van der Waals surface area (Å²) in [5.41, 5.74) is -5.79. The molecule has 1 N–H and O–H groups in total. The number of benzene rings is 3. The first-order valence-electron chi connectivity index (χ1n) is 9.55. The first kappa shape index (κ1) is 26.0. The van der Waals surface area contributed by atoms with Crippen molar-refractivity contribution in [2.24, 2.45) is 0 Å². The van der Waals surface area contributed by atoms with Crippen LogP contribution in [-0.2, 0) is 35.4 Å². The van der Waals surface area contributed by atoms with Gasteiger partial charge in [-0.1, -0.05) is 40.5 Å². The number of ether oxygens (including phenoxy) is 1. The quantitative estimate of drug-likeness (QED) is 0.313. The molecule has 0 saturated heterocycles. The second-order valence-electron chi connectivity index (χ2n) is 6.56. The van der Waals surface area contributed by atoms with Crippen molar-refractivity contribution in [2.75, 3.05) is 13.2 Å². The summed E-state index contributed by atoms with van der Waals surface area (Å²) in [5.74, 6) is 0.366. The Balaban J connectivity index is 1.62. The number of sulfonamides is 1. The van der Waals surface area contributed by atoms with E-state index in [1.807, 2.05) is 72.8 Å². The Bertz CT molecular complexity index is 1250. The maximum atomic E-state index is 12.3. The van der Waals surface area contributed by atoms with Crippen LogP contribution in [0, 0.1) is 0 Å². The third-order valence-corrected chi connectivity index (χ3v) is 9.14. The van der Waals surface area contributed by atoms with Crippen molar-refractivity contribution in [1.29, 1.82) is 0 Å². The molecule has 34 heavy (non-hydrogen) atoms. The van der Waals surface area contributed by atoms with Gasteiger partial charge in [0.05, 0.1) is 10.9 Å². The molecular formula is C21H19F3NO6S3+. The van der Waals surface area contributed by atoms with Crippen molar-refractivity contribution in [1.82, 2.24) is 4.13 Å². The lowest BCUT2D eigenvalue weighted by molar-refractivity contribution is -0.0442. The van der Waals surface area contributed by atoms with E-state index in [-0.39, 0.29) is 17.5 Å². The van der Waals surface area contributed by atoms with Crippen molar-refractivity contribution in [3.63, 3.8) is 0 Å². The average Bonchev–Trinajstić information content (AvgIpc) is 2.78. The predicted octanol–water partition coefficient (Wildman–Crippen LogP) is 3.86. The number of rotatable bonds is 10. The van der Waals surface area contributed by atoms with Crippen molar-refractivity contribution < 1.29 is 38.9 Å². The molecule has 0 atom stereocenters. The summed E-state index contributed by atoms with van der Waals surface area (Å²) in [6, 6.07) is 26.9. The van der Waals surface area contributed by atoms with Crippen molar-refractivity contribution in [3.8, 4) is 5.75 Å². The molecule has 0 bridgehead atoms. The summed E-state index contributed by atoms with van der Waals surface area (Å²) >= 11 is 0. The molecule has 0 saturated carbocycles. The first-order chi connectivity index (χ1) is 16.0. The lowest BCUT2D eigenvalue weighted by Gasteiger charge is -2.11. The number of nitrogens with one attached hydrogen (secondary N) is 1. The van der Waals surface area contributed by atoms with Gasteiger partial charge in [-0.3, -0.25) is 4.18 Å². The SMILES string of the molecule is O=S(=O)(NS(=O)(=O)C(F)(F)F)OCCOc1ccc([S+](c2ccccc2)c2ccccc2)cc1. The Kier molecular flexibility index (Phi) is 8.25. The molecule has 0 spiro atoms. The standard InChI is InChI=1S/C21H19F3NO6S3/c22-21(23,24)33(26,27)25-34(28,29)31-16-15-30-17-11-13-20(14-12-17)32(18-7-3-1-4-8-18)19-9-5-2-6-10-19/h1-14,25H,15-16H2/q+1. The van der Waals surface area contributed by atoms with E-state index in [4.69, 9.17) is 4.74 Å². The number of alkyl halides is 3. The summed E-state index contributed by atoms with van der Waals surface area (Å²) in [6.45, 7) is -1.06. The summed E-state index contributed by atoms with van der Waals surface area (Å²) in [5, 5.41) is 0. The molecule has 0 aliphatic rings. The van der Waals surface area contributed by atoms with Crippen LogP contribution in [0.25, 0.3) is 0 Å². The third-order valence-electron chi connectivity index (χ3n) is 4.12. The number of hydrogen-bond acceptors (Lipinski definition) is 6. The molecule has 0 aromatic heterocycles. The van der Waals surface area contributed by atoms with Gasteiger partial charge in [0.25, 0.3) is 0 Å². The highest BCUT2D eigenvalue weighted by molar-refractivity contribution is 8.03. The van der Waals surface area contributed by atoms with E-state index >= 15 is 0 Å². The Labute approximate surface area is 198 Å². The predicted molar refractivity (Wildman–Crippen MR) is 120 cm³/mol. The number of hydrogen-bond donors (Lipinski definition) is 1. The molecule has 0 aliphatic heterocycles. The zero-order valence-electron chi connectivity index (χ0n) is 17.3. The fourth-order valence-electron chi connectivity index (χ4n) is 2.70. The smallest absolute Gasteiger partial charge is 0.491 e. The Morgan fingerprint density at radius 2 is 1.18 bits per heavy atom. The van der Waals surface area contributed by atoms with Crippen LogP contribution < -0.4 is 8.86 Å². The van der Waals surface area contributed by atoms with E-state index < -0.39 is 32.4 Å². The molecule has 0 fully saturated rings. The van der Waals surface area contributed by atoms with Crippen molar-refractivity contribution in [2.45, 2.75) is 20.2 Å². The molecule has 3 aromatic rings. The Hall–Kier alpha value is -2.58. The van der Waals surface area contributed by atoms with E-state index in [1.165, 1.54) is 0 Å². The van der Waals surface area contributed by atoms with Gasteiger partial charge in [-0.25, -0.2) is 8.42 Å². The second-order valence-corrected chi connectivity index (χ2v) is 11.9. The van der Waals surface area contributed by atoms with Crippen LogP contribution >= 0.6 is 0 Å². The first-order valence-corrected chi connectivity index (χ1v) is 13.7. The van der Waals surface area contributed by atoms with E-state index in [0.717, 1.165) is 14.7 Å². The molecule has 3 rings (SSSR count). The lowest BCUT2D eigenvalue weighted by Crippen LogP contribution is -2.41. The molecule has 3 aromatic carbocycles. The van der Waals surface area contributed by atoms with E-state index in [0.29, 0.717) is 9.88 Å². The van der Waals surface area contributed by atoms with Gasteiger partial charge in [0, 0.05) is 0 Å². The second kappa shape index (κ2) is 10.8. The van der Waals surface area contributed by atoms with Gasteiger partial charge >= 0.3 is 25.8 Å². The van der Waals surface area contributed by atoms with Crippen molar-refractivity contribution >= 4 is 31.2 Å². The van der Waals surface area contributed by atoms with Crippen LogP contribution in [-0.4, -0.2) is 35.6 Å². The summed E-state index contributed by atoms with van der Waals surface area (Å²) in [7, 11) is -11.7. The highest BCUT2D eigenvalue weighted by Crippen LogP contribution is 2.31. The normalized spacial score (nSPS) is 12.6. The van der Waals surface area contributed by atoms with Gasteiger partial charge in [-0.15, -0.1) is 0 Å². The molecule has 0 aliphatic carbocycles. The van der Waals surface area contributed by atoms with E-state index in [9.17, 15) is 30.0 Å². The maximum Gasteiger partial charge on any atom is 0.512 e. The average molecular weight is 535 g/mol. The van der Waals surface area contributed by atoms with Crippen LogP contribution in [0.1, 0.15) is 0 Å². The summed E-state index contributed by atoms with van der Waals surface area (Å²) in [6.07, 6.45) is 0. The van der Waals surface area contributed by atoms with Gasteiger partial charge < -0.3 is 4.74 Å². The highest BCUT2D eigenvalue weighted by Gasteiger charge is 2.48. The minimum absolute atomic E-state index is 0.352.